The lowest BCUT2D eigenvalue weighted by atomic mass is 10.1. The van der Waals surface area contributed by atoms with E-state index >= 15 is 0 Å². The molecule has 1 aromatic heterocycles. The SMILES string of the molecule is Cc1c(Br)c(C)c2oc(=O)[nH]c2c1C. The smallest absolute Gasteiger partial charge is 0.408 e. The van der Waals surface area contributed by atoms with Gasteiger partial charge >= 0.3 is 5.76 Å². The number of aryl methyl sites for hydroxylation is 2. The summed E-state index contributed by atoms with van der Waals surface area (Å²) in [5.41, 5.74) is 4.58. The van der Waals surface area contributed by atoms with Gasteiger partial charge in [0.25, 0.3) is 0 Å². The second-order valence-corrected chi connectivity index (χ2v) is 4.20. The third-order valence-corrected chi connectivity index (χ3v) is 3.77. The van der Waals surface area contributed by atoms with Gasteiger partial charge in [0.15, 0.2) is 5.58 Å². The average Bonchev–Trinajstić information content (AvgIpc) is 2.54. The summed E-state index contributed by atoms with van der Waals surface area (Å²) in [5, 5.41) is 0. The summed E-state index contributed by atoms with van der Waals surface area (Å²) in [6.45, 7) is 5.90. The highest BCUT2D eigenvalue weighted by molar-refractivity contribution is 9.10. The van der Waals surface area contributed by atoms with Gasteiger partial charge in [-0.2, -0.15) is 0 Å². The molecule has 0 aliphatic rings. The van der Waals surface area contributed by atoms with Gasteiger partial charge < -0.3 is 4.42 Å². The molecule has 0 aliphatic carbocycles. The summed E-state index contributed by atoms with van der Waals surface area (Å²) in [5.74, 6) is -0.399. The van der Waals surface area contributed by atoms with E-state index in [1.807, 2.05) is 20.8 Å². The van der Waals surface area contributed by atoms with Gasteiger partial charge in [-0.05, 0) is 31.9 Å². The van der Waals surface area contributed by atoms with Crippen LogP contribution in [0.4, 0.5) is 0 Å². The molecule has 0 saturated heterocycles. The summed E-state index contributed by atoms with van der Waals surface area (Å²) in [6, 6.07) is 0. The lowest BCUT2D eigenvalue weighted by molar-refractivity contribution is 0.553. The topological polar surface area (TPSA) is 46.0 Å². The first-order valence-corrected chi connectivity index (χ1v) is 5.09. The standard InChI is InChI=1S/C10H10BrNO2/c1-4-5(2)8-9(6(3)7(4)11)14-10(13)12-8/h1-3H3,(H,12,13). The van der Waals surface area contributed by atoms with Gasteiger partial charge in [-0.1, -0.05) is 15.9 Å². The van der Waals surface area contributed by atoms with Gasteiger partial charge in [0, 0.05) is 10.0 Å². The third kappa shape index (κ3) is 1.14. The Morgan fingerprint density at radius 2 is 1.79 bits per heavy atom. The second kappa shape index (κ2) is 2.98. The Morgan fingerprint density at radius 3 is 2.43 bits per heavy atom. The number of hydrogen-bond donors (Lipinski definition) is 1. The molecule has 0 radical (unpaired) electrons. The number of oxazole rings is 1. The van der Waals surface area contributed by atoms with Gasteiger partial charge in [0.2, 0.25) is 0 Å². The summed E-state index contributed by atoms with van der Waals surface area (Å²) < 4.78 is 6.08. The Labute approximate surface area is 89.3 Å². The predicted molar refractivity (Wildman–Crippen MR) is 58.7 cm³/mol. The second-order valence-electron chi connectivity index (χ2n) is 3.41. The van der Waals surface area contributed by atoms with E-state index in [0.717, 1.165) is 26.7 Å². The molecule has 74 valence electrons. The van der Waals surface area contributed by atoms with E-state index in [1.54, 1.807) is 0 Å². The van der Waals surface area contributed by atoms with E-state index in [9.17, 15) is 4.79 Å². The minimum Gasteiger partial charge on any atom is -0.408 e. The van der Waals surface area contributed by atoms with Crippen LogP contribution in [0.25, 0.3) is 11.1 Å². The molecule has 1 aromatic carbocycles. The van der Waals surface area contributed by atoms with Crippen LogP contribution in [0, 0.1) is 20.8 Å². The van der Waals surface area contributed by atoms with E-state index in [0.29, 0.717) is 5.58 Å². The highest BCUT2D eigenvalue weighted by atomic mass is 79.9. The molecule has 0 bridgehead atoms. The van der Waals surface area contributed by atoms with Crippen LogP contribution < -0.4 is 5.76 Å². The van der Waals surface area contributed by atoms with Crippen molar-refractivity contribution in [2.24, 2.45) is 0 Å². The summed E-state index contributed by atoms with van der Waals surface area (Å²) in [7, 11) is 0. The van der Waals surface area contributed by atoms with Crippen molar-refractivity contribution in [1.82, 2.24) is 4.98 Å². The molecule has 1 N–H and O–H groups in total. The van der Waals surface area contributed by atoms with Gasteiger partial charge in [-0.25, -0.2) is 4.79 Å². The highest BCUT2D eigenvalue weighted by Gasteiger charge is 2.13. The molecule has 1 heterocycles. The summed E-state index contributed by atoms with van der Waals surface area (Å²) >= 11 is 3.48. The number of H-pyrrole nitrogens is 1. The minimum absolute atomic E-state index is 0.399. The Hall–Kier alpha value is -1.03. The van der Waals surface area contributed by atoms with E-state index in [1.165, 1.54) is 0 Å². The molecule has 2 rings (SSSR count). The number of rotatable bonds is 0. The van der Waals surface area contributed by atoms with Gasteiger partial charge in [-0.3, -0.25) is 4.98 Å². The molecule has 2 aromatic rings. The minimum atomic E-state index is -0.399. The van der Waals surface area contributed by atoms with Crippen molar-refractivity contribution in [1.29, 1.82) is 0 Å². The number of halogens is 1. The fraction of sp³-hybridized carbons (Fsp3) is 0.300. The zero-order chi connectivity index (χ0) is 10.5. The van der Waals surface area contributed by atoms with Crippen LogP contribution in [-0.4, -0.2) is 4.98 Å². The molecule has 0 saturated carbocycles. The number of hydrogen-bond acceptors (Lipinski definition) is 2. The molecule has 3 nitrogen and oxygen atoms in total. The fourth-order valence-electron chi connectivity index (χ4n) is 1.59. The number of aromatic nitrogens is 1. The lowest BCUT2D eigenvalue weighted by Crippen LogP contribution is -1.94. The van der Waals surface area contributed by atoms with Crippen LogP contribution in [-0.2, 0) is 0 Å². The average molecular weight is 256 g/mol. The maximum absolute atomic E-state index is 11.1. The maximum Gasteiger partial charge on any atom is 0.417 e. The molecule has 0 unspecified atom stereocenters. The first-order chi connectivity index (χ1) is 6.52. The van der Waals surface area contributed by atoms with Crippen molar-refractivity contribution in [3.63, 3.8) is 0 Å². The van der Waals surface area contributed by atoms with Crippen molar-refractivity contribution in [3.05, 3.63) is 31.7 Å². The fourth-order valence-corrected chi connectivity index (χ4v) is 2.07. The van der Waals surface area contributed by atoms with Gasteiger partial charge in [-0.15, -0.1) is 0 Å². The normalized spacial score (nSPS) is 11.1. The first kappa shape index (κ1) is 9.52. The monoisotopic (exact) mass is 255 g/mol. The quantitative estimate of drug-likeness (QED) is 0.787. The van der Waals surface area contributed by atoms with E-state index in [-0.39, 0.29) is 0 Å². The van der Waals surface area contributed by atoms with Crippen molar-refractivity contribution in [2.45, 2.75) is 20.8 Å². The van der Waals surface area contributed by atoms with Crippen molar-refractivity contribution < 1.29 is 4.42 Å². The Kier molecular flexibility index (Phi) is 2.03. The van der Waals surface area contributed by atoms with E-state index in [2.05, 4.69) is 20.9 Å². The van der Waals surface area contributed by atoms with Crippen LogP contribution in [0.1, 0.15) is 16.7 Å². The van der Waals surface area contributed by atoms with E-state index in [4.69, 9.17) is 4.42 Å². The molecule has 0 atom stereocenters. The predicted octanol–water partition coefficient (Wildman–Crippen LogP) is 2.81. The largest absolute Gasteiger partial charge is 0.417 e. The summed E-state index contributed by atoms with van der Waals surface area (Å²) in [6.07, 6.45) is 0. The molecular formula is C10H10BrNO2. The van der Waals surface area contributed by atoms with Crippen LogP contribution in [0.2, 0.25) is 0 Å². The Balaban J connectivity index is 3.08. The lowest BCUT2D eigenvalue weighted by Gasteiger charge is -2.06. The zero-order valence-corrected chi connectivity index (χ0v) is 9.78. The van der Waals surface area contributed by atoms with Gasteiger partial charge in [0.05, 0.1) is 5.52 Å². The Morgan fingerprint density at radius 1 is 1.14 bits per heavy atom. The third-order valence-electron chi connectivity index (χ3n) is 2.59. The molecule has 0 aliphatic heterocycles. The molecule has 0 fully saturated rings. The molecular weight excluding hydrogens is 246 g/mol. The van der Waals surface area contributed by atoms with Crippen molar-refractivity contribution in [3.8, 4) is 0 Å². The Bertz CT molecular complexity index is 517. The molecule has 14 heavy (non-hydrogen) atoms. The number of fused-ring (bicyclic) bond motifs is 1. The zero-order valence-electron chi connectivity index (χ0n) is 8.19. The van der Waals surface area contributed by atoms with Crippen LogP contribution >= 0.6 is 15.9 Å². The molecule has 0 spiro atoms. The van der Waals surface area contributed by atoms with Crippen LogP contribution in [0.3, 0.4) is 0 Å². The highest BCUT2D eigenvalue weighted by Crippen LogP contribution is 2.31. The molecule has 0 amide bonds. The van der Waals surface area contributed by atoms with Gasteiger partial charge in [0.1, 0.15) is 0 Å². The van der Waals surface area contributed by atoms with Crippen LogP contribution in [0.15, 0.2) is 13.7 Å². The summed E-state index contributed by atoms with van der Waals surface area (Å²) in [4.78, 5) is 13.8. The van der Waals surface area contributed by atoms with Crippen molar-refractivity contribution >= 4 is 27.0 Å². The first-order valence-electron chi connectivity index (χ1n) is 4.30. The molecule has 4 heteroatoms. The number of nitrogens with one attached hydrogen (secondary N) is 1. The van der Waals surface area contributed by atoms with E-state index < -0.39 is 5.76 Å². The number of benzene rings is 1. The van der Waals surface area contributed by atoms with Crippen LogP contribution in [0.5, 0.6) is 0 Å². The number of aromatic amines is 1. The maximum atomic E-state index is 11.1. The van der Waals surface area contributed by atoms with Crippen molar-refractivity contribution in [2.75, 3.05) is 0 Å².